The minimum Gasteiger partial charge on any atom is -0.495 e. The lowest BCUT2D eigenvalue weighted by molar-refractivity contribution is -0.135. The molecule has 0 atom stereocenters. The van der Waals surface area contributed by atoms with Crippen molar-refractivity contribution in [3.05, 3.63) is 53.0 Å². The van der Waals surface area contributed by atoms with Gasteiger partial charge >= 0.3 is 0 Å². The Balaban J connectivity index is 1.42. The zero-order valence-electron chi connectivity index (χ0n) is 16.4. The molecule has 3 rings (SSSR count). The van der Waals surface area contributed by atoms with E-state index in [-0.39, 0.29) is 17.7 Å². The van der Waals surface area contributed by atoms with Gasteiger partial charge in [-0.05, 0) is 43.2 Å². The van der Waals surface area contributed by atoms with E-state index >= 15 is 0 Å². The molecule has 1 saturated heterocycles. The minimum atomic E-state index is -0.109. The monoisotopic (exact) mass is 460 g/mol. The van der Waals surface area contributed by atoms with Crippen LogP contribution in [0.5, 0.6) is 11.5 Å². The summed E-state index contributed by atoms with van der Waals surface area (Å²) < 4.78 is 11.9. The first-order chi connectivity index (χ1) is 14.1. The van der Waals surface area contributed by atoms with Crippen LogP contribution in [0.4, 0.5) is 5.69 Å². The predicted octanol–water partition coefficient (Wildman–Crippen LogP) is 4.10. The molecule has 0 aromatic heterocycles. The van der Waals surface area contributed by atoms with Gasteiger partial charge in [0.05, 0.1) is 25.8 Å². The van der Waals surface area contributed by atoms with Crippen LogP contribution in [0.15, 0.2) is 53.0 Å². The number of benzene rings is 2. The maximum absolute atomic E-state index is 12.6. The summed E-state index contributed by atoms with van der Waals surface area (Å²) in [5, 5.41) is 2.94. The third kappa shape index (κ3) is 5.97. The summed E-state index contributed by atoms with van der Waals surface area (Å²) in [6, 6.07) is 14.9. The third-order valence-electron chi connectivity index (χ3n) is 4.96. The smallest absolute Gasteiger partial charge is 0.227 e. The number of rotatable bonds is 7. The van der Waals surface area contributed by atoms with Gasteiger partial charge in [-0.3, -0.25) is 9.59 Å². The second-order valence-corrected chi connectivity index (χ2v) is 7.82. The number of amides is 2. The summed E-state index contributed by atoms with van der Waals surface area (Å²) in [6.45, 7) is 1.50. The van der Waals surface area contributed by atoms with E-state index in [1.165, 1.54) is 0 Å². The maximum Gasteiger partial charge on any atom is 0.227 e. The molecule has 0 bridgehead atoms. The van der Waals surface area contributed by atoms with Crippen LogP contribution in [0.2, 0.25) is 0 Å². The van der Waals surface area contributed by atoms with Gasteiger partial charge in [-0.15, -0.1) is 0 Å². The van der Waals surface area contributed by atoms with Crippen molar-refractivity contribution in [3.8, 4) is 11.5 Å². The van der Waals surface area contributed by atoms with Gasteiger partial charge in [0.25, 0.3) is 0 Å². The molecule has 0 aliphatic carbocycles. The Morgan fingerprint density at radius 2 is 1.90 bits per heavy atom. The third-order valence-corrected chi connectivity index (χ3v) is 5.46. The number of hydrogen-bond acceptors (Lipinski definition) is 4. The second kappa shape index (κ2) is 10.3. The van der Waals surface area contributed by atoms with Crippen molar-refractivity contribution in [1.82, 2.24) is 4.90 Å². The Bertz CT molecular complexity index is 850. The van der Waals surface area contributed by atoms with Gasteiger partial charge in [-0.2, -0.15) is 0 Å². The number of ether oxygens (including phenoxy) is 2. The number of halogens is 1. The van der Waals surface area contributed by atoms with Crippen molar-refractivity contribution in [2.75, 3.05) is 32.1 Å². The number of methoxy groups -OCH3 is 1. The average Bonchev–Trinajstić information content (AvgIpc) is 2.74. The molecule has 29 heavy (non-hydrogen) atoms. The molecule has 1 fully saturated rings. The van der Waals surface area contributed by atoms with Crippen LogP contribution in [0, 0.1) is 5.92 Å². The summed E-state index contributed by atoms with van der Waals surface area (Å²) in [4.78, 5) is 26.8. The fourth-order valence-corrected chi connectivity index (χ4v) is 3.72. The Labute approximate surface area is 179 Å². The summed E-state index contributed by atoms with van der Waals surface area (Å²) in [7, 11) is 1.58. The Morgan fingerprint density at radius 3 is 2.62 bits per heavy atom. The highest BCUT2D eigenvalue weighted by atomic mass is 79.9. The highest BCUT2D eigenvalue weighted by Gasteiger charge is 2.27. The largest absolute Gasteiger partial charge is 0.495 e. The molecule has 7 heteroatoms. The molecule has 154 valence electrons. The van der Waals surface area contributed by atoms with Crippen LogP contribution >= 0.6 is 15.9 Å². The van der Waals surface area contributed by atoms with Crippen molar-refractivity contribution in [2.24, 2.45) is 5.92 Å². The number of likely N-dealkylation sites (tertiary alicyclic amines) is 1. The Morgan fingerprint density at radius 1 is 1.14 bits per heavy atom. The maximum atomic E-state index is 12.6. The summed E-state index contributed by atoms with van der Waals surface area (Å²) in [6.07, 6.45) is 1.63. The zero-order valence-corrected chi connectivity index (χ0v) is 18.0. The molecule has 1 N–H and O–H groups in total. The fraction of sp³-hybridized carbons (Fsp3) is 0.364. The first-order valence-electron chi connectivity index (χ1n) is 9.67. The highest BCUT2D eigenvalue weighted by molar-refractivity contribution is 9.10. The average molecular weight is 461 g/mol. The molecule has 2 aromatic carbocycles. The van der Waals surface area contributed by atoms with Gasteiger partial charge < -0.3 is 19.7 Å². The number of nitrogens with one attached hydrogen (secondary N) is 1. The number of piperidine rings is 1. The van der Waals surface area contributed by atoms with Gasteiger partial charge in [0.1, 0.15) is 11.5 Å². The molecule has 6 nitrogen and oxygen atoms in total. The number of carbonyl (C=O) groups excluding carboxylic acids is 2. The van der Waals surface area contributed by atoms with Gasteiger partial charge in [-0.1, -0.05) is 34.1 Å². The van der Waals surface area contributed by atoms with Crippen molar-refractivity contribution in [2.45, 2.75) is 19.3 Å². The number of para-hydroxylation sites is 2. The van der Waals surface area contributed by atoms with E-state index in [1.54, 1.807) is 7.11 Å². The molecule has 0 spiro atoms. The molecule has 1 aliphatic rings. The minimum absolute atomic E-state index is 0.0282. The van der Waals surface area contributed by atoms with E-state index in [4.69, 9.17) is 9.47 Å². The zero-order chi connectivity index (χ0) is 20.6. The fourth-order valence-electron chi connectivity index (χ4n) is 3.34. The van der Waals surface area contributed by atoms with E-state index in [1.807, 2.05) is 53.4 Å². The van der Waals surface area contributed by atoms with Crippen molar-refractivity contribution in [3.63, 3.8) is 0 Å². The SMILES string of the molecule is COc1ccccc1NC(=O)C1CCN(C(=O)CCOc2cccc(Br)c2)CC1. The number of nitrogens with zero attached hydrogens (tertiary/aromatic N) is 1. The predicted molar refractivity (Wildman–Crippen MR) is 115 cm³/mol. The quantitative estimate of drug-likeness (QED) is 0.674. The van der Waals surface area contributed by atoms with Crippen molar-refractivity contribution in [1.29, 1.82) is 0 Å². The first kappa shape index (κ1) is 21.2. The Kier molecular flexibility index (Phi) is 7.52. The van der Waals surface area contributed by atoms with Gasteiger partial charge in [0, 0.05) is 23.5 Å². The lowest BCUT2D eigenvalue weighted by Gasteiger charge is -2.31. The lowest BCUT2D eigenvalue weighted by Crippen LogP contribution is -2.41. The number of hydrogen-bond donors (Lipinski definition) is 1. The summed E-state index contributed by atoms with van der Waals surface area (Å²) in [5.41, 5.74) is 0.670. The first-order valence-corrected chi connectivity index (χ1v) is 10.5. The molecular formula is C22H25BrN2O4. The molecule has 0 unspecified atom stereocenters. The van der Waals surface area contributed by atoms with Crippen LogP contribution < -0.4 is 14.8 Å². The van der Waals surface area contributed by atoms with Crippen LogP contribution in [-0.2, 0) is 9.59 Å². The topological polar surface area (TPSA) is 67.9 Å². The van der Waals surface area contributed by atoms with E-state index in [0.29, 0.717) is 50.4 Å². The Hall–Kier alpha value is -2.54. The number of anilines is 1. The van der Waals surface area contributed by atoms with Crippen LogP contribution in [0.25, 0.3) is 0 Å². The van der Waals surface area contributed by atoms with Gasteiger partial charge in [0.2, 0.25) is 11.8 Å². The van der Waals surface area contributed by atoms with Crippen LogP contribution in [-0.4, -0.2) is 43.5 Å². The highest BCUT2D eigenvalue weighted by Crippen LogP contribution is 2.26. The molecule has 1 aliphatic heterocycles. The normalized spacial score (nSPS) is 14.3. The van der Waals surface area contributed by atoms with Crippen molar-refractivity contribution < 1.29 is 19.1 Å². The number of carbonyl (C=O) groups is 2. The van der Waals surface area contributed by atoms with Gasteiger partial charge in [0.15, 0.2) is 0 Å². The molecular weight excluding hydrogens is 436 g/mol. The van der Waals surface area contributed by atoms with Crippen molar-refractivity contribution >= 4 is 33.4 Å². The molecule has 0 saturated carbocycles. The molecule has 2 amide bonds. The molecule has 2 aromatic rings. The van der Waals surface area contributed by atoms with Crippen LogP contribution in [0.1, 0.15) is 19.3 Å². The summed E-state index contributed by atoms with van der Waals surface area (Å²) in [5.74, 6) is 1.29. The van der Waals surface area contributed by atoms with E-state index in [2.05, 4.69) is 21.2 Å². The molecule has 0 radical (unpaired) electrons. The standard InChI is InChI=1S/C22H25BrN2O4/c1-28-20-8-3-2-7-19(20)24-22(27)16-9-12-25(13-10-16)21(26)11-14-29-18-6-4-5-17(23)15-18/h2-8,15-16H,9-14H2,1H3,(H,24,27). The van der Waals surface area contributed by atoms with E-state index in [0.717, 1.165) is 10.2 Å². The van der Waals surface area contributed by atoms with Crippen LogP contribution in [0.3, 0.4) is 0 Å². The second-order valence-electron chi connectivity index (χ2n) is 6.90. The molecule has 1 heterocycles. The summed E-state index contributed by atoms with van der Waals surface area (Å²) >= 11 is 3.40. The lowest BCUT2D eigenvalue weighted by atomic mass is 9.95. The van der Waals surface area contributed by atoms with E-state index < -0.39 is 0 Å². The van der Waals surface area contributed by atoms with Gasteiger partial charge in [-0.25, -0.2) is 0 Å². The van der Waals surface area contributed by atoms with E-state index in [9.17, 15) is 9.59 Å².